The molecule has 0 unspecified atom stereocenters. The van der Waals surface area contributed by atoms with Crippen LogP contribution in [0, 0.1) is 0 Å². The molecule has 4 rings (SSSR count). The monoisotopic (exact) mass is 497 g/mol. The van der Waals surface area contributed by atoms with E-state index in [9.17, 15) is 9.18 Å². The zero-order chi connectivity index (χ0) is 22.5. The number of carbonyl (C=O) groups is 1. The summed E-state index contributed by atoms with van der Waals surface area (Å²) in [4.78, 5) is 14.3. The fourth-order valence-corrected chi connectivity index (χ4v) is 5.35. The van der Waals surface area contributed by atoms with Gasteiger partial charge in [0.15, 0.2) is 0 Å². The van der Waals surface area contributed by atoms with Gasteiger partial charge in [-0.2, -0.15) is 0 Å². The molecule has 32 heavy (non-hydrogen) atoms. The molecule has 0 radical (unpaired) electrons. The van der Waals surface area contributed by atoms with Crippen LogP contribution in [-0.4, -0.2) is 44.3 Å². The van der Waals surface area contributed by atoms with E-state index in [-0.39, 0.29) is 12.6 Å². The van der Waals surface area contributed by atoms with Gasteiger partial charge in [0.05, 0.1) is 19.3 Å². The van der Waals surface area contributed by atoms with E-state index in [4.69, 9.17) is 4.74 Å². The second kappa shape index (κ2) is 10.6. The number of aryl methyl sites for hydroxylation is 1. The van der Waals surface area contributed by atoms with E-state index in [1.165, 1.54) is 45.0 Å². The topological polar surface area (TPSA) is 29.5 Å². The van der Waals surface area contributed by atoms with Gasteiger partial charge in [0, 0.05) is 24.1 Å². The summed E-state index contributed by atoms with van der Waals surface area (Å²) in [6.45, 7) is 2.56. The van der Waals surface area contributed by atoms with Gasteiger partial charge in [-0.3, -0.25) is 9.29 Å². The molecule has 0 aromatic heterocycles. The molecule has 3 nitrogen and oxygen atoms in total. The fraction of sp³-hybridized carbons (Fsp3) is 0.370. The van der Waals surface area contributed by atoms with Crippen LogP contribution >= 0.6 is 15.9 Å². The van der Waals surface area contributed by atoms with E-state index in [0.29, 0.717) is 12.0 Å². The maximum Gasteiger partial charge on any atom is 0.337 e. The SMILES string of the molecule is COC(=O)c1ccc2c(c1)CCCC(Br)=C2c1ccc(C=C2CCN(CCCF)C2)cc1. The summed E-state index contributed by atoms with van der Waals surface area (Å²) < 4.78 is 18.5. The average molecular weight is 498 g/mol. The second-order valence-corrected chi connectivity index (χ2v) is 9.45. The largest absolute Gasteiger partial charge is 0.465 e. The van der Waals surface area contributed by atoms with Crippen LogP contribution in [0.15, 0.2) is 52.5 Å². The van der Waals surface area contributed by atoms with Gasteiger partial charge in [-0.1, -0.05) is 57.9 Å². The Bertz CT molecular complexity index is 1040. The number of hydrogen-bond donors (Lipinski definition) is 0. The molecular weight excluding hydrogens is 469 g/mol. The Hall–Kier alpha value is -2.24. The Morgan fingerprint density at radius 1 is 1.16 bits per heavy atom. The van der Waals surface area contributed by atoms with Crippen LogP contribution in [0.3, 0.4) is 0 Å². The highest BCUT2D eigenvalue weighted by molar-refractivity contribution is 9.11. The zero-order valence-corrected chi connectivity index (χ0v) is 20.1. The molecule has 5 heteroatoms. The summed E-state index contributed by atoms with van der Waals surface area (Å²) in [5.74, 6) is -0.297. The van der Waals surface area contributed by atoms with Crippen molar-refractivity contribution >= 4 is 33.5 Å². The first-order valence-electron chi connectivity index (χ1n) is 11.3. The number of fused-ring (bicyclic) bond motifs is 1. The lowest BCUT2D eigenvalue weighted by Gasteiger charge is -2.14. The number of halogens is 2. The first kappa shape index (κ1) is 22.9. The molecule has 1 aliphatic heterocycles. The number of esters is 1. The molecule has 0 N–H and O–H groups in total. The second-order valence-electron chi connectivity index (χ2n) is 8.49. The van der Waals surface area contributed by atoms with Crippen molar-refractivity contribution in [2.75, 3.05) is 33.4 Å². The number of ether oxygens (including phenoxy) is 1. The Labute approximate surface area is 198 Å². The van der Waals surface area contributed by atoms with Crippen molar-refractivity contribution in [1.82, 2.24) is 4.90 Å². The molecular formula is C27H29BrFNO2. The number of nitrogens with zero attached hydrogens (tertiary/aromatic N) is 1. The number of allylic oxidation sites excluding steroid dienone is 1. The third kappa shape index (κ3) is 5.21. The molecule has 0 amide bonds. The fourth-order valence-electron chi connectivity index (χ4n) is 4.63. The predicted octanol–water partition coefficient (Wildman–Crippen LogP) is 6.41. The van der Waals surface area contributed by atoms with E-state index in [2.05, 4.69) is 51.2 Å². The van der Waals surface area contributed by atoms with Gasteiger partial charge in [-0.15, -0.1) is 0 Å². The number of hydrogen-bond acceptors (Lipinski definition) is 3. The van der Waals surface area contributed by atoms with E-state index in [0.717, 1.165) is 45.3 Å². The molecule has 1 fully saturated rings. The highest BCUT2D eigenvalue weighted by atomic mass is 79.9. The van der Waals surface area contributed by atoms with Crippen LogP contribution in [0.25, 0.3) is 11.6 Å². The average Bonchev–Trinajstić information content (AvgIpc) is 3.19. The minimum atomic E-state index is -0.297. The summed E-state index contributed by atoms with van der Waals surface area (Å²) in [6, 6.07) is 14.6. The zero-order valence-electron chi connectivity index (χ0n) is 18.5. The van der Waals surface area contributed by atoms with Gasteiger partial charge < -0.3 is 4.74 Å². The normalized spacial score (nSPS) is 18.0. The van der Waals surface area contributed by atoms with Crippen molar-refractivity contribution in [2.45, 2.75) is 32.1 Å². The number of likely N-dealkylation sites (tertiary alicyclic amines) is 1. The molecule has 1 aliphatic carbocycles. The maximum absolute atomic E-state index is 12.4. The molecule has 2 aromatic carbocycles. The Kier molecular flexibility index (Phi) is 7.59. The molecule has 0 bridgehead atoms. The van der Waals surface area contributed by atoms with Crippen LogP contribution in [0.4, 0.5) is 4.39 Å². The van der Waals surface area contributed by atoms with Gasteiger partial charge in [0.2, 0.25) is 0 Å². The van der Waals surface area contributed by atoms with Gasteiger partial charge in [-0.05, 0) is 72.1 Å². The van der Waals surface area contributed by atoms with Gasteiger partial charge in [0.1, 0.15) is 0 Å². The summed E-state index contributed by atoms with van der Waals surface area (Å²) in [6.07, 6.45) is 6.88. The molecule has 0 atom stereocenters. The van der Waals surface area contributed by atoms with Crippen molar-refractivity contribution in [3.8, 4) is 0 Å². The quantitative estimate of drug-likeness (QED) is 0.431. The lowest BCUT2D eigenvalue weighted by molar-refractivity contribution is 0.0600. The van der Waals surface area contributed by atoms with Crippen LogP contribution in [0.5, 0.6) is 0 Å². The third-order valence-corrected chi connectivity index (χ3v) is 7.06. The number of carbonyl (C=O) groups excluding carboxylic acids is 1. The molecule has 168 valence electrons. The lowest BCUT2D eigenvalue weighted by atomic mass is 9.92. The maximum atomic E-state index is 12.4. The van der Waals surface area contributed by atoms with Crippen LogP contribution in [0.1, 0.15) is 58.3 Å². The molecule has 1 heterocycles. The smallest absolute Gasteiger partial charge is 0.337 e. The van der Waals surface area contributed by atoms with Crippen molar-refractivity contribution in [3.05, 3.63) is 80.3 Å². The Morgan fingerprint density at radius 3 is 2.72 bits per heavy atom. The predicted molar refractivity (Wildman–Crippen MR) is 132 cm³/mol. The van der Waals surface area contributed by atoms with E-state index in [1.807, 2.05) is 18.2 Å². The number of benzene rings is 2. The lowest BCUT2D eigenvalue weighted by Crippen LogP contribution is -2.20. The molecule has 2 aliphatic rings. The Balaban J connectivity index is 1.57. The number of alkyl halides is 1. The van der Waals surface area contributed by atoms with E-state index in [1.54, 1.807) is 0 Å². The number of methoxy groups -OCH3 is 1. The van der Waals surface area contributed by atoms with Crippen LogP contribution in [-0.2, 0) is 11.2 Å². The summed E-state index contributed by atoms with van der Waals surface area (Å²) in [7, 11) is 1.42. The van der Waals surface area contributed by atoms with Crippen molar-refractivity contribution in [3.63, 3.8) is 0 Å². The first-order chi connectivity index (χ1) is 15.6. The van der Waals surface area contributed by atoms with Crippen molar-refractivity contribution in [2.24, 2.45) is 0 Å². The molecule has 0 saturated carbocycles. The number of rotatable bonds is 6. The van der Waals surface area contributed by atoms with E-state index < -0.39 is 0 Å². The minimum Gasteiger partial charge on any atom is -0.465 e. The van der Waals surface area contributed by atoms with Crippen molar-refractivity contribution < 1.29 is 13.9 Å². The van der Waals surface area contributed by atoms with E-state index >= 15 is 0 Å². The third-order valence-electron chi connectivity index (χ3n) is 6.26. The Morgan fingerprint density at radius 2 is 1.97 bits per heavy atom. The van der Waals surface area contributed by atoms with Crippen LogP contribution in [0.2, 0.25) is 0 Å². The van der Waals surface area contributed by atoms with Gasteiger partial charge in [0.25, 0.3) is 0 Å². The van der Waals surface area contributed by atoms with Gasteiger partial charge >= 0.3 is 5.97 Å². The summed E-state index contributed by atoms with van der Waals surface area (Å²) >= 11 is 3.83. The highest BCUT2D eigenvalue weighted by Gasteiger charge is 2.20. The molecule has 0 spiro atoms. The standard InChI is InChI=1S/C27H29BrFNO2/c1-32-27(31)23-10-11-24-22(17-23)4-2-5-25(28)26(24)21-8-6-19(7-9-21)16-20-12-15-30(18-20)14-3-13-29/h6-11,16-17H,2-5,12-15,18H2,1H3. The van der Waals surface area contributed by atoms with Gasteiger partial charge in [-0.25, -0.2) is 4.79 Å². The molecule has 1 saturated heterocycles. The minimum absolute atomic E-state index is 0.241. The molecule has 2 aromatic rings. The highest BCUT2D eigenvalue weighted by Crippen LogP contribution is 2.38. The summed E-state index contributed by atoms with van der Waals surface area (Å²) in [5.41, 5.74) is 7.93. The van der Waals surface area contributed by atoms with Crippen molar-refractivity contribution in [1.29, 1.82) is 0 Å². The van der Waals surface area contributed by atoms with Crippen LogP contribution < -0.4 is 0 Å². The first-order valence-corrected chi connectivity index (χ1v) is 12.1. The summed E-state index contributed by atoms with van der Waals surface area (Å²) in [5, 5.41) is 0.